The molecule has 0 aromatic rings. The summed E-state index contributed by atoms with van der Waals surface area (Å²) in [5.41, 5.74) is 0. The molecule has 0 amide bonds. The average Bonchev–Trinajstić information content (AvgIpc) is 1.85. The van der Waals surface area contributed by atoms with Crippen LogP contribution in [0.2, 0.25) is 0 Å². The predicted molar refractivity (Wildman–Crippen MR) is 39.9 cm³/mol. The molecule has 1 N–H and O–H groups in total. The van der Waals surface area contributed by atoms with Crippen LogP contribution in [0.25, 0.3) is 0 Å². The van der Waals surface area contributed by atoms with Crippen LogP contribution in [0, 0.1) is 0 Å². The van der Waals surface area contributed by atoms with Crippen molar-refractivity contribution in [3.8, 4) is 0 Å². The molecule has 1 unspecified atom stereocenters. The molecule has 0 heterocycles. The minimum atomic E-state index is -0.487. The topological polar surface area (TPSA) is 55.4 Å². The van der Waals surface area contributed by atoms with Crippen LogP contribution in [0.5, 0.6) is 0 Å². The smallest absolute Gasteiger partial charge is 0.314 e. The third-order valence-electron chi connectivity index (χ3n) is 1.11. The van der Waals surface area contributed by atoms with E-state index in [9.17, 15) is 9.59 Å². The Balaban J connectivity index is 3.60. The molecule has 4 heteroatoms. The van der Waals surface area contributed by atoms with E-state index < -0.39 is 5.97 Å². The first kappa shape index (κ1) is 10.1. The fraction of sp³-hybridized carbons (Fsp3) is 0.714. The fourth-order valence-corrected chi connectivity index (χ4v) is 0.501. The largest absolute Gasteiger partial charge is 0.447 e. The van der Waals surface area contributed by atoms with E-state index in [0.29, 0.717) is 0 Å². The molecule has 0 aliphatic heterocycles. The highest BCUT2D eigenvalue weighted by molar-refractivity contribution is 5.94. The van der Waals surface area contributed by atoms with Gasteiger partial charge < -0.3 is 4.74 Å². The van der Waals surface area contributed by atoms with Crippen molar-refractivity contribution in [1.29, 1.82) is 0 Å². The summed E-state index contributed by atoms with van der Waals surface area (Å²) in [5, 5.41) is 2.71. The molecule has 4 nitrogen and oxygen atoms in total. The van der Waals surface area contributed by atoms with E-state index in [4.69, 9.17) is 4.74 Å². The van der Waals surface area contributed by atoms with Gasteiger partial charge in [0.1, 0.15) is 18.4 Å². The number of hydrogen-bond acceptors (Lipinski definition) is 4. The summed E-state index contributed by atoms with van der Waals surface area (Å²) in [6.07, 6.45) is -0.478. The Morgan fingerprint density at radius 3 is 2.45 bits per heavy atom. The second-order valence-corrected chi connectivity index (χ2v) is 2.30. The fourth-order valence-electron chi connectivity index (χ4n) is 0.501. The van der Waals surface area contributed by atoms with Gasteiger partial charge in [-0.25, -0.2) is 0 Å². The van der Waals surface area contributed by atoms with Crippen molar-refractivity contribution in [2.24, 2.45) is 0 Å². The van der Waals surface area contributed by atoms with E-state index in [2.05, 4.69) is 5.32 Å². The van der Waals surface area contributed by atoms with Gasteiger partial charge in [-0.3, -0.25) is 14.9 Å². The van der Waals surface area contributed by atoms with Crippen molar-refractivity contribution in [3.05, 3.63) is 0 Å². The number of carbonyl (C=O) groups excluding carboxylic acids is 2. The standard InChI is InChI=1S/C7H13NO3/c1-5(9)4-7(10)11-6(2)8-3/h6,8H,4H2,1-3H3. The van der Waals surface area contributed by atoms with Crippen LogP contribution in [-0.4, -0.2) is 25.0 Å². The van der Waals surface area contributed by atoms with Gasteiger partial charge in [0.25, 0.3) is 0 Å². The van der Waals surface area contributed by atoms with Crippen molar-refractivity contribution in [1.82, 2.24) is 5.32 Å². The molecule has 11 heavy (non-hydrogen) atoms. The van der Waals surface area contributed by atoms with E-state index in [-0.39, 0.29) is 18.4 Å². The van der Waals surface area contributed by atoms with E-state index in [1.807, 2.05) is 0 Å². The molecule has 0 saturated carbocycles. The zero-order valence-corrected chi connectivity index (χ0v) is 7.01. The molecular weight excluding hydrogens is 146 g/mol. The SMILES string of the molecule is CNC(C)OC(=O)CC(C)=O. The van der Waals surface area contributed by atoms with Crippen LogP contribution in [-0.2, 0) is 14.3 Å². The highest BCUT2D eigenvalue weighted by Gasteiger charge is 2.08. The Hall–Kier alpha value is -0.900. The molecule has 64 valence electrons. The average molecular weight is 159 g/mol. The van der Waals surface area contributed by atoms with E-state index >= 15 is 0 Å². The summed E-state index contributed by atoms with van der Waals surface area (Å²) in [6, 6.07) is 0. The number of Topliss-reactive ketones (excluding diaryl/α,β-unsaturated/α-hetero) is 1. The number of carbonyl (C=O) groups is 2. The monoisotopic (exact) mass is 159 g/mol. The lowest BCUT2D eigenvalue weighted by Gasteiger charge is -2.10. The highest BCUT2D eigenvalue weighted by atomic mass is 16.6. The van der Waals surface area contributed by atoms with Gasteiger partial charge in [-0.15, -0.1) is 0 Å². The first-order valence-electron chi connectivity index (χ1n) is 3.42. The van der Waals surface area contributed by atoms with Gasteiger partial charge in [0.2, 0.25) is 0 Å². The lowest BCUT2D eigenvalue weighted by atomic mass is 10.3. The first-order valence-corrected chi connectivity index (χ1v) is 3.42. The van der Waals surface area contributed by atoms with Gasteiger partial charge in [-0.05, 0) is 20.9 Å². The normalized spacial score (nSPS) is 12.3. The Morgan fingerprint density at radius 2 is 2.09 bits per heavy atom. The molecule has 0 fully saturated rings. The van der Waals surface area contributed by atoms with Gasteiger partial charge in [-0.1, -0.05) is 0 Å². The molecule has 1 atom stereocenters. The molecule has 0 saturated heterocycles. The first-order chi connectivity index (χ1) is 5.06. The molecule has 0 spiro atoms. The maximum absolute atomic E-state index is 10.7. The predicted octanol–water partition coefficient (Wildman–Crippen LogP) is 0.0741. The molecule has 0 aliphatic carbocycles. The minimum Gasteiger partial charge on any atom is -0.447 e. The summed E-state index contributed by atoms with van der Waals surface area (Å²) in [5.74, 6) is -0.669. The number of rotatable bonds is 4. The molecule has 0 aromatic carbocycles. The second kappa shape index (κ2) is 4.85. The maximum atomic E-state index is 10.7. The van der Waals surface area contributed by atoms with E-state index in [1.54, 1.807) is 14.0 Å². The third-order valence-corrected chi connectivity index (χ3v) is 1.11. The summed E-state index contributed by atoms with van der Waals surface area (Å²) in [6.45, 7) is 3.04. The lowest BCUT2D eigenvalue weighted by Crippen LogP contribution is -2.28. The van der Waals surface area contributed by atoms with Gasteiger partial charge in [0.05, 0.1) is 0 Å². The number of nitrogens with one attached hydrogen (secondary N) is 1. The van der Waals surface area contributed by atoms with Gasteiger partial charge in [0.15, 0.2) is 0 Å². The Kier molecular flexibility index (Phi) is 4.45. The molecule has 0 rings (SSSR count). The zero-order chi connectivity index (χ0) is 8.85. The molecule has 0 radical (unpaired) electrons. The van der Waals surface area contributed by atoms with Crippen LogP contribution in [0.4, 0.5) is 0 Å². The Bertz CT molecular complexity index is 156. The second-order valence-electron chi connectivity index (χ2n) is 2.30. The summed E-state index contributed by atoms with van der Waals surface area (Å²) < 4.78 is 4.74. The third kappa shape index (κ3) is 5.54. The summed E-state index contributed by atoms with van der Waals surface area (Å²) in [4.78, 5) is 21.1. The van der Waals surface area contributed by atoms with Gasteiger partial charge in [0, 0.05) is 0 Å². The Morgan fingerprint density at radius 1 is 1.55 bits per heavy atom. The zero-order valence-electron chi connectivity index (χ0n) is 7.01. The van der Waals surface area contributed by atoms with Crippen LogP contribution in [0.15, 0.2) is 0 Å². The maximum Gasteiger partial charge on any atom is 0.314 e. The van der Waals surface area contributed by atoms with Crippen molar-refractivity contribution in [2.45, 2.75) is 26.5 Å². The summed E-state index contributed by atoms with van der Waals surface area (Å²) in [7, 11) is 1.67. The number of ether oxygens (including phenoxy) is 1. The van der Waals surface area contributed by atoms with Gasteiger partial charge >= 0.3 is 5.97 Å². The molecular formula is C7H13NO3. The Labute approximate surface area is 65.9 Å². The van der Waals surface area contributed by atoms with E-state index in [0.717, 1.165) is 0 Å². The number of hydrogen-bond donors (Lipinski definition) is 1. The van der Waals surface area contributed by atoms with E-state index in [1.165, 1.54) is 6.92 Å². The summed E-state index contributed by atoms with van der Waals surface area (Å²) >= 11 is 0. The van der Waals surface area contributed by atoms with Crippen molar-refractivity contribution in [3.63, 3.8) is 0 Å². The van der Waals surface area contributed by atoms with Crippen molar-refractivity contribution in [2.75, 3.05) is 7.05 Å². The minimum absolute atomic E-state index is 0.147. The van der Waals surface area contributed by atoms with Crippen LogP contribution < -0.4 is 5.32 Å². The quantitative estimate of drug-likeness (QED) is 0.358. The van der Waals surface area contributed by atoms with Crippen molar-refractivity contribution >= 4 is 11.8 Å². The van der Waals surface area contributed by atoms with Crippen LogP contribution >= 0.6 is 0 Å². The van der Waals surface area contributed by atoms with Gasteiger partial charge in [-0.2, -0.15) is 0 Å². The number of ketones is 1. The van der Waals surface area contributed by atoms with Crippen LogP contribution in [0.3, 0.4) is 0 Å². The molecule has 0 aliphatic rings. The molecule has 0 bridgehead atoms. The molecule has 0 aromatic heterocycles. The lowest BCUT2D eigenvalue weighted by molar-refractivity contribution is -0.150. The highest BCUT2D eigenvalue weighted by Crippen LogP contribution is 1.91. The van der Waals surface area contributed by atoms with Crippen LogP contribution in [0.1, 0.15) is 20.3 Å². The van der Waals surface area contributed by atoms with Crippen molar-refractivity contribution < 1.29 is 14.3 Å². The number of esters is 1.